The molecule has 2 aliphatic rings. The number of halogens is 2. The zero-order chi connectivity index (χ0) is 20.9. The smallest absolute Gasteiger partial charge is 0.260 e. The number of hydrogen-bond acceptors (Lipinski definition) is 5. The highest BCUT2D eigenvalue weighted by molar-refractivity contribution is 8.18. The fraction of sp³-hybridized carbons (Fsp3) is 0.571. The molecule has 8 heteroatoms. The van der Waals surface area contributed by atoms with Gasteiger partial charge in [0, 0.05) is 12.2 Å². The van der Waals surface area contributed by atoms with Crippen LogP contribution < -0.4 is 9.47 Å². The quantitative estimate of drug-likeness (QED) is 0.485. The zero-order valence-corrected chi connectivity index (χ0v) is 19.9. The minimum atomic E-state index is -1.06. The van der Waals surface area contributed by atoms with E-state index in [9.17, 15) is 4.79 Å². The van der Waals surface area contributed by atoms with Crippen LogP contribution in [0.5, 0.6) is 11.5 Å². The van der Waals surface area contributed by atoms with Crippen LogP contribution in [0.1, 0.15) is 31.2 Å². The van der Waals surface area contributed by atoms with Gasteiger partial charge in [0.25, 0.3) is 5.91 Å². The molecule has 1 aromatic carbocycles. The van der Waals surface area contributed by atoms with Crippen molar-refractivity contribution in [2.75, 3.05) is 32.3 Å². The number of benzene rings is 1. The van der Waals surface area contributed by atoms with Gasteiger partial charge in [-0.1, -0.05) is 35.3 Å². The summed E-state index contributed by atoms with van der Waals surface area (Å²) < 4.78 is 11.0. The molecule has 1 fully saturated rings. The van der Waals surface area contributed by atoms with Gasteiger partial charge >= 0.3 is 0 Å². The van der Waals surface area contributed by atoms with E-state index in [0.717, 1.165) is 30.5 Å². The molecule has 160 valence electrons. The molecule has 0 radical (unpaired) electrons. The molecule has 0 bridgehead atoms. The van der Waals surface area contributed by atoms with Gasteiger partial charge in [-0.05, 0) is 61.3 Å². The Balaban J connectivity index is 1.72. The van der Waals surface area contributed by atoms with Gasteiger partial charge in [0.1, 0.15) is 0 Å². The average molecular weight is 476 g/mol. The first-order chi connectivity index (χ1) is 14.0. The summed E-state index contributed by atoms with van der Waals surface area (Å²) in [5, 5.41) is 0. The van der Waals surface area contributed by atoms with Crippen LogP contribution in [0, 0.1) is 0 Å². The third-order valence-electron chi connectivity index (χ3n) is 5.30. The number of methoxy groups -OCH3 is 2. The first kappa shape index (κ1) is 23.0. The lowest BCUT2D eigenvalue weighted by atomic mass is 10.0. The number of nitrogens with zero attached hydrogens (tertiary/aromatic N) is 1. The maximum atomic E-state index is 12.7. The van der Waals surface area contributed by atoms with Crippen LogP contribution in [-0.4, -0.2) is 52.0 Å². The summed E-state index contributed by atoms with van der Waals surface area (Å²) in [6.07, 6.45) is 7.11. The van der Waals surface area contributed by atoms with Gasteiger partial charge in [0.2, 0.25) is 0 Å². The number of ether oxygens (including phenoxy) is 2. The normalized spacial score (nSPS) is 18.4. The fourth-order valence-electron chi connectivity index (χ4n) is 3.71. The molecule has 3 rings (SSSR count). The van der Waals surface area contributed by atoms with E-state index in [1.807, 2.05) is 18.2 Å². The highest BCUT2D eigenvalue weighted by atomic mass is 35.5. The van der Waals surface area contributed by atoms with E-state index in [0.29, 0.717) is 24.5 Å². The largest absolute Gasteiger partial charge is 0.493 e. The van der Waals surface area contributed by atoms with Crippen molar-refractivity contribution in [1.82, 2.24) is 4.90 Å². The maximum absolute atomic E-state index is 12.7. The van der Waals surface area contributed by atoms with E-state index in [2.05, 4.69) is 29.6 Å². The minimum absolute atomic E-state index is 0.250. The lowest BCUT2D eigenvalue weighted by Crippen LogP contribution is -2.38. The molecule has 0 unspecified atom stereocenters. The molecule has 0 N–H and O–H groups in total. The van der Waals surface area contributed by atoms with Crippen LogP contribution in [0.2, 0.25) is 0 Å². The van der Waals surface area contributed by atoms with Crippen LogP contribution in [-0.2, 0) is 11.2 Å². The number of hydrogen-bond donors (Lipinski definition) is 0. The van der Waals surface area contributed by atoms with Crippen molar-refractivity contribution in [2.45, 2.75) is 41.0 Å². The summed E-state index contributed by atoms with van der Waals surface area (Å²) in [5.41, 5.74) is 2.10. The van der Waals surface area contributed by atoms with Crippen molar-refractivity contribution in [2.24, 2.45) is 0 Å². The first-order valence-electron chi connectivity index (χ1n) is 9.75. The van der Waals surface area contributed by atoms with Crippen molar-refractivity contribution < 1.29 is 14.3 Å². The van der Waals surface area contributed by atoms with E-state index >= 15 is 0 Å². The molecule has 1 spiro atoms. The minimum Gasteiger partial charge on any atom is -0.493 e. The number of carbonyl (C=O) groups excluding carboxylic acids is 1. The summed E-state index contributed by atoms with van der Waals surface area (Å²) in [4.78, 5) is 13.4. The van der Waals surface area contributed by atoms with Crippen molar-refractivity contribution in [3.63, 3.8) is 0 Å². The highest BCUT2D eigenvalue weighted by Crippen LogP contribution is 2.51. The molecular formula is C21H27Cl2NO3S2. The molecule has 1 amide bonds. The van der Waals surface area contributed by atoms with E-state index < -0.39 is 4.84 Å². The highest BCUT2D eigenvalue weighted by Gasteiger charge is 2.37. The van der Waals surface area contributed by atoms with Crippen LogP contribution in [0.3, 0.4) is 0 Å². The Morgan fingerprint density at radius 3 is 2.52 bits per heavy atom. The lowest BCUT2D eigenvalue weighted by Gasteiger charge is -2.40. The monoisotopic (exact) mass is 475 g/mol. The number of amides is 1. The zero-order valence-electron chi connectivity index (χ0n) is 16.8. The van der Waals surface area contributed by atoms with E-state index in [1.54, 1.807) is 19.1 Å². The Hall–Kier alpha value is -0.690. The summed E-state index contributed by atoms with van der Waals surface area (Å²) in [6, 6.07) is 5.82. The third-order valence-corrected chi connectivity index (χ3v) is 9.16. The summed E-state index contributed by atoms with van der Waals surface area (Å²) >= 11 is 16.1. The maximum Gasteiger partial charge on any atom is 0.260 e. The lowest BCUT2D eigenvalue weighted by molar-refractivity contribution is -0.127. The van der Waals surface area contributed by atoms with Crippen LogP contribution in [0.15, 0.2) is 30.0 Å². The van der Waals surface area contributed by atoms with E-state index in [-0.39, 0.29) is 9.99 Å². The van der Waals surface area contributed by atoms with Gasteiger partial charge in [-0.2, -0.15) is 0 Å². The first-order valence-corrected chi connectivity index (χ1v) is 12.6. The van der Waals surface area contributed by atoms with Gasteiger partial charge < -0.3 is 14.4 Å². The van der Waals surface area contributed by atoms with Crippen LogP contribution >= 0.6 is 46.7 Å². The van der Waals surface area contributed by atoms with Gasteiger partial charge in [0.05, 0.1) is 18.3 Å². The Bertz CT molecular complexity index is 751. The Kier molecular flexibility index (Phi) is 8.37. The van der Waals surface area contributed by atoms with Crippen molar-refractivity contribution >= 4 is 52.6 Å². The predicted molar refractivity (Wildman–Crippen MR) is 125 cm³/mol. The van der Waals surface area contributed by atoms with Crippen molar-refractivity contribution in [3.8, 4) is 11.5 Å². The second-order valence-corrected chi connectivity index (χ2v) is 11.4. The summed E-state index contributed by atoms with van der Waals surface area (Å²) in [7, 11) is 3.23. The average Bonchev–Trinajstić information content (AvgIpc) is 2.75. The number of alkyl halides is 2. The molecule has 4 nitrogen and oxygen atoms in total. The van der Waals surface area contributed by atoms with Gasteiger partial charge in [-0.25, -0.2) is 0 Å². The van der Waals surface area contributed by atoms with E-state index in [4.69, 9.17) is 32.7 Å². The Morgan fingerprint density at radius 1 is 1.21 bits per heavy atom. The predicted octanol–water partition coefficient (Wildman–Crippen LogP) is 5.51. The molecular weight excluding hydrogens is 449 g/mol. The second-order valence-electron chi connectivity index (χ2n) is 7.09. The number of rotatable bonds is 7. The Labute approximate surface area is 191 Å². The molecule has 1 aromatic rings. The molecule has 0 saturated carbocycles. The SMILES string of the molecule is COc1ccc(CCN(C(=O)C(Cl)Cl)C2=CCC3(CC2)SCCCS3)cc1OC. The molecule has 0 aromatic heterocycles. The van der Waals surface area contributed by atoms with Gasteiger partial charge in [0.15, 0.2) is 16.3 Å². The van der Waals surface area contributed by atoms with Crippen molar-refractivity contribution in [3.05, 3.63) is 35.5 Å². The molecule has 0 atom stereocenters. The number of thioether (sulfide) groups is 2. The van der Waals surface area contributed by atoms with E-state index in [1.165, 1.54) is 17.9 Å². The summed E-state index contributed by atoms with van der Waals surface area (Å²) in [6.45, 7) is 0.531. The van der Waals surface area contributed by atoms with Gasteiger partial charge in [-0.3, -0.25) is 4.79 Å². The number of allylic oxidation sites excluding steroid dienone is 2. The third kappa shape index (κ3) is 5.72. The fourth-order valence-corrected chi connectivity index (χ4v) is 7.18. The van der Waals surface area contributed by atoms with Crippen LogP contribution in [0.25, 0.3) is 0 Å². The molecule has 29 heavy (non-hydrogen) atoms. The standard InChI is InChI=1S/C21H27Cl2NO3S2/c1-26-17-5-4-15(14-18(17)27-2)8-11-24(20(25)19(22)23)16-6-9-21(10-7-16)28-12-3-13-29-21/h4-6,14,19H,3,7-13H2,1-2H3. The van der Waals surface area contributed by atoms with Crippen molar-refractivity contribution in [1.29, 1.82) is 0 Å². The summed E-state index contributed by atoms with van der Waals surface area (Å²) in [5.74, 6) is 3.57. The molecule has 1 heterocycles. The van der Waals surface area contributed by atoms with Crippen LogP contribution in [0.4, 0.5) is 0 Å². The van der Waals surface area contributed by atoms with Gasteiger partial charge in [-0.15, -0.1) is 23.5 Å². The Morgan fingerprint density at radius 2 is 1.93 bits per heavy atom. The second kappa shape index (κ2) is 10.6. The molecule has 1 aliphatic heterocycles. The number of carbonyl (C=O) groups is 1. The molecule has 1 saturated heterocycles. The molecule has 1 aliphatic carbocycles. The topological polar surface area (TPSA) is 38.8 Å².